The van der Waals surface area contributed by atoms with Crippen LogP contribution in [-0.2, 0) is 4.79 Å². The van der Waals surface area contributed by atoms with Crippen LogP contribution in [0.4, 0.5) is 5.13 Å². The molecule has 0 radical (unpaired) electrons. The standard InChI is InChI=1S/C14H17N5OS/c20-12-6-3-9-19(12)10-4-8-16-14-18-17-13(21-14)11-5-1-2-7-15-11/h1-2,5,7H,3-4,6,8-10H2,(H,16,18). The van der Waals surface area contributed by atoms with E-state index in [1.807, 2.05) is 23.1 Å². The van der Waals surface area contributed by atoms with Gasteiger partial charge in [0.15, 0.2) is 5.01 Å². The highest BCUT2D eigenvalue weighted by Gasteiger charge is 2.18. The number of hydrogen-bond donors (Lipinski definition) is 1. The highest BCUT2D eigenvalue weighted by Crippen LogP contribution is 2.24. The molecule has 0 aliphatic carbocycles. The number of nitrogens with zero attached hydrogens (tertiary/aromatic N) is 4. The summed E-state index contributed by atoms with van der Waals surface area (Å²) in [5.41, 5.74) is 0.839. The van der Waals surface area contributed by atoms with Crippen molar-refractivity contribution in [1.82, 2.24) is 20.1 Å². The Balaban J connectivity index is 1.46. The summed E-state index contributed by atoms with van der Waals surface area (Å²) in [6.45, 7) is 2.51. The molecule has 1 aliphatic rings. The van der Waals surface area contributed by atoms with Crippen LogP contribution in [0.5, 0.6) is 0 Å². The van der Waals surface area contributed by atoms with Gasteiger partial charge in [0.1, 0.15) is 5.69 Å². The van der Waals surface area contributed by atoms with Crippen molar-refractivity contribution in [3.63, 3.8) is 0 Å². The molecule has 3 heterocycles. The molecule has 0 saturated carbocycles. The zero-order valence-electron chi connectivity index (χ0n) is 11.7. The third-order valence-corrected chi connectivity index (χ3v) is 4.26. The fourth-order valence-electron chi connectivity index (χ4n) is 2.29. The number of aromatic nitrogens is 3. The van der Waals surface area contributed by atoms with Crippen LogP contribution in [0, 0.1) is 0 Å². The Bertz CT molecular complexity index is 600. The van der Waals surface area contributed by atoms with Crippen molar-refractivity contribution in [1.29, 1.82) is 0 Å². The second kappa shape index (κ2) is 6.62. The van der Waals surface area contributed by atoms with Gasteiger partial charge in [0.2, 0.25) is 11.0 Å². The quantitative estimate of drug-likeness (QED) is 0.827. The molecule has 0 atom stereocenters. The van der Waals surface area contributed by atoms with Crippen LogP contribution in [0.1, 0.15) is 19.3 Å². The molecule has 0 unspecified atom stereocenters. The van der Waals surface area contributed by atoms with Crippen LogP contribution in [0.3, 0.4) is 0 Å². The minimum absolute atomic E-state index is 0.281. The molecule has 1 amide bonds. The Morgan fingerprint density at radius 3 is 3.05 bits per heavy atom. The zero-order valence-corrected chi connectivity index (χ0v) is 12.5. The summed E-state index contributed by atoms with van der Waals surface area (Å²) in [6, 6.07) is 5.73. The van der Waals surface area contributed by atoms with Crippen LogP contribution >= 0.6 is 11.3 Å². The molecule has 6 nitrogen and oxygen atoms in total. The topological polar surface area (TPSA) is 71.0 Å². The van der Waals surface area contributed by atoms with Crippen molar-refractivity contribution >= 4 is 22.4 Å². The smallest absolute Gasteiger partial charge is 0.222 e. The van der Waals surface area contributed by atoms with E-state index in [-0.39, 0.29) is 5.91 Å². The molecule has 0 aromatic carbocycles. The molecule has 1 aliphatic heterocycles. The molecule has 1 N–H and O–H groups in total. The summed E-state index contributed by atoms with van der Waals surface area (Å²) in [5.74, 6) is 0.281. The largest absolute Gasteiger partial charge is 0.360 e. The normalized spacial score (nSPS) is 14.7. The first-order chi connectivity index (χ1) is 10.3. The van der Waals surface area contributed by atoms with E-state index in [1.165, 1.54) is 11.3 Å². The fourth-order valence-corrected chi connectivity index (χ4v) is 3.04. The minimum Gasteiger partial charge on any atom is -0.360 e. The second-order valence-corrected chi connectivity index (χ2v) is 5.87. The molecule has 3 rings (SSSR count). The Morgan fingerprint density at radius 2 is 2.29 bits per heavy atom. The van der Waals surface area contributed by atoms with E-state index in [0.717, 1.165) is 48.3 Å². The lowest BCUT2D eigenvalue weighted by Gasteiger charge is -2.14. The number of carbonyl (C=O) groups is 1. The first kappa shape index (κ1) is 13.9. The van der Waals surface area contributed by atoms with Crippen LogP contribution < -0.4 is 5.32 Å². The lowest BCUT2D eigenvalue weighted by atomic mass is 10.4. The third kappa shape index (κ3) is 3.55. The molecule has 21 heavy (non-hydrogen) atoms. The van der Waals surface area contributed by atoms with Gasteiger partial charge in [0.05, 0.1) is 0 Å². The molecule has 0 spiro atoms. The van der Waals surface area contributed by atoms with Gasteiger partial charge in [-0.25, -0.2) is 0 Å². The van der Waals surface area contributed by atoms with E-state index in [0.29, 0.717) is 6.42 Å². The maximum atomic E-state index is 11.5. The van der Waals surface area contributed by atoms with Crippen molar-refractivity contribution in [2.24, 2.45) is 0 Å². The number of anilines is 1. The maximum Gasteiger partial charge on any atom is 0.222 e. The third-order valence-electron chi connectivity index (χ3n) is 3.36. The number of hydrogen-bond acceptors (Lipinski definition) is 6. The summed E-state index contributed by atoms with van der Waals surface area (Å²) >= 11 is 1.49. The highest BCUT2D eigenvalue weighted by molar-refractivity contribution is 7.18. The molecule has 2 aromatic heterocycles. The lowest BCUT2D eigenvalue weighted by molar-refractivity contribution is -0.127. The molecular formula is C14H17N5OS. The van der Waals surface area contributed by atoms with Gasteiger partial charge in [-0.1, -0.05) is 17.4 Å². The van der Waals surface area contributed by atoms with E-state index in [2.05, 4.69) is 20.5 Å². The molecule has 1 saturated heterocycles. The molecular weight excluding hydrogens is 286 g/mol. The molecule has 0 bridgehead atoms. The number of likely N-dealkylation sites (tertiary alicyclic amines) is 1. The molecule has 110 valence electrons. The van der Waals surface area contributed by atoms with E-state index in [9.17, 15) is 4.79 Å². The van der Waals surface area contributed by atoms with Gasteiger partial charge in [-0.05, 0) is 25.0 Å². The van der Waals surface area contributed by atoms with E-state index in [1.54, 1.807) is 6.20 Å². The molecule has 7 heteroatoms. The van der Waals surface area contributed by atoms with E-state index in [4.69, 9.17) is 0 Å². The number of rotatable bonds is 6. The summed E-state index contributed by atoms with van der Waals surface area (Å²) in [7, 11) is 0. The van der Waals surface area contributed by atoms with Gasteiger partial charge in [-0.2, -0.15) is 0 Å². The van der Waals surface area contributed by atoms with Gasteiger partial charge in [0, 0.05) is 32.3 Å². The average molecular weight is 303 g/mol. The van der Waals surface area contributed by atoms with Gasteiger partial charge < -0.3 is 10.2 Å². The van der Waals surface area contributed by atoms with Crippen LogP contribution in [0.25, 0.3) is 10.7 Å². The second-order valence-electron chi connectivity index (χ2n) is 4.89. The summed E-state index contributed by atoms with van der Waals surface area (Å²) in [5, 5.41) is 13.1. The number of pyridine rings is 1. The Labute approximate surface area is 127 Å². The number of amides is 1. The Morgan fingerprint density at radius 1 is 1.33 bits per heavy atom. The van der Waals surface area contributed by atoms with Gasteiger partial charge in [-0.3, -0.25) is 9.78 Å². The van der Waals surface area contributed by atoms with Gasteiger partial charge >= 0.3 is 0 Å². The zero-order chi connectivity index (χ0) is 14.5. The first-order valence-electron chi connectivity index (χ1n) is 7.09. The fraction of sp³-hybridized carbons (Fsp3) is 0.429. The van der Waals surface area contributed by atoms with E-state index < -0.39 is 0 Å². The highest BCUT2D eigenvalue weighted by atomic mass is 32.1. The van der Waals surface area contributed by atoms with Gasteiger partial charge in [-0.15, -0.1) is 10.2 Å². The lowest BCUT2D eigenvalue weighted by Crippen LogP contribution is -2.26. The predicted molar refractivity (Wildman–Crippen MR) is 82.1 cm³/mol. The van der Waals surface area contributed by atoms with Crippen molar-refractivity contribution < 1.29 is 4.79 Å². The minimum atomic E-state index is 0.281. The summed E-state index contributed by atoms with van der Waals surface area (Å²) < 4.78 is 0. The average Bonchev–Trinajstić information content (AvgIpc) is 3.14. The first-order valence-corrected chi connectivity index (χ1v) is 7.91. The summed E-state index contributed by atoms with van der Waals surface area (Å²) in [6.07, 6.45) is 4.37. The van der Waals surface area contributed by atoms with Crippen LogP contribution in [0.15, 0.2) is 24.4 Å². The van der Waals surface area contributed by atoms with E-state index >= 15 is 0 Å². The Kier molecular flexibility index (Phi) is 4.40. The van der Waals surface area contributed by atoms with Crippen molar-refractivity contribution in [2.45, 2.75) is 19.3 Å². The van der Waals surface area contributed by atoms with Gasteiger partial charge in [0.25, 0.3) is 0 Å². The summed E-state index contributed by atoms with van der Waals surface area (Å²) in [4.78, 5) is 17.7. The maximum absolute atomic E-state index is 11.5. The van der Waals surface area contributed by atoms with Crippen molar-refractivity contribution in [3.05, 3.63) is 24.4 Å². The molecule has 2 aromatic rings. The number of carbonyl (C=O) groups excluding carboxylic acids is 1. The van der Waals surface area contributed by atoms with Crippen molar-refractivity contribution in [3.8, 4) is 10.7 Å². The van der Waals surface area contributed by atoms with Crippen LogP contribution in [0.2, 0.25) is 0 Å². The monoisotopic (exact) mass is 303 g/mol. The van der Waals surface area contributed by atoms with Crippen molar-refractivity contribution in [2.75, 3.05) is 25.0 Å². The van der Waals surface area contributed by atoms with Crippen LogP contribution in [-0.4, -0.2) is 45.6 Å². The predicted octanol–water partition coefficient (Wildman–Crippen LogP) is 2.02. The number of nitrogens with one attached hydrogen (secondary N) is 1. The SMILES string of the molecule is O=C1CCCN1CCCNc1nnc(-c2ccccn2)s1. The Hall–Kier alpha value is -2.02. The molecule has 1 fully saturated rings.